The summed E-state index contributed by atoms with van der Waals surface area (Å²) in [6.45, 7) is 5.58. The Hall–Kier alpha value is -1.43. The lowest BCUT2D eigenvalue weighted by Gasteiger charge is -2.08. The number of nitro groups is 1. The summed E-state index contributed by atoms with van der Waals surface area (Å²) in [7, 11) is 0. The molecule has 76 valence electrons. The van der Waals surface area contributed by atoms with Gasteiger partial charge >= 0.3 is 5.00 Å². The summed E-state index contributed by atoms with van der Waals surface area (Å²) in [5.74, 6) is 0. The average molecular weight is 213 g/mol. The fourth-order valence-electron chi connectivity index (χ4n) is 0.936. The number of hydrogen-bond donors (Lipinski definition) is 1. The van der Waals surface area contributed by atoms with E-state index in [4.69, 9.17) is 0 Å². The molecule has 1 atom stereocenters. The van der Waals surface area contributed by atoms with E-state index in [1.165, 1.54) is 6.20 Å². The second-order valence-electron chi connectivity index (χ2n) is 2.83. The minimum atomic E-state index is -0.443. The molecule has 1 aromatic heterocycles. The first-order chi connectivity index (χ1) is 6.63. The molecule has 1 rings (SSSR count). The van der Waals surface area contributed by atoms with Gasteiger partial charge in [-0.1, -0.05) is 6.08 Å². The Morgan fingerprint density at radius 2 is 2.64 bits per heavy atom. The normalized spacial score (nSPS) is 12.1. The Labute approximate surface area is 85.6 Å². The molecule has 0 radical (unpaired) electrons. The zero-order valence-corrected chi connectivity index (χ0v) is 8.58. The molecule has 0 saturated carbocycles. The Morgan fingerprint density at radius 3 is 3.14 bits per heavy atom. The lowest BCUT2D eigenvalue weighted by molar-refractivity contribution is -0.380. The maximum Gasteiger partial charge on any atom is 0.345 e. The van der Waals surface area contributed by atoms with Crippen molar-refractivity contribution in [1.82, 2.24) is 4.98 Å². The van der Waals surface area contributed by atoms with Gasteiger partial charge in [-0.15, -0.1) is 6.58 Å². The van der Waals surface area contributed by atoms with Crippen molar-refractivity contribution in [3.05, 3.63) is 29.0 Å². The van der Waals surface area contributed by atoms with Crippen LogP contribution in [0.25, 0.3) is 0 Å². The zero-order chi connectivity index (χ0) is 10.6. The van der Waals surface area contributed by atoms with Gasteiger partial charge in [0.05, 0.1) is 4.92 Å². The van der Waals surface area contributed by atoms with Gasteiger partial charge in [0.1, 0.15) is 6.20 Å². The van der Waals surface area contributed by atoms with Gasteiger partial charge < -0.3 is 5.32 Å². The SMILES string of the molecule is C=CCC(C)Nc1ncc([N+](=O)[O-])s1. The first-order valence-corrected chi connectivity index (χ1v) is 4.92. The van der Waals surface area contributed by atoms with Gasteiger partial charge in [0, 0.05) is 6.04 Å². The van der Waals surface area contributed by atoms with Crippen LogP contribution in [0.2, 0.25) is 0 Å². The highest BCUT2D eigenvalue weighted by molar-refractivity contribution is 7.18. The maximum atomic E-state index is 10.4. The molecular formula is C8H11N3O2S. The summed E-state index contributed by atoms with van der Waals surface area (Å²) in [5, 5.41) is 14.0. The number of rotatable bonds is 5. The molecule has 0 aliphatic carbocycles. The highest BCUT2D eigenvalue weighted by atomic mass is 32.1. The number of thiazole rings is 1. The lowest BCUT2D eigenvalue weighted by Crippen LogP contribution is -2.13. The topological polar surface area (TPSA) is 68.1 Å². The summed E-state index contributed by atoms with van der Waals surface area (Å²) in [6, 6.07) is 0.193. The van der Waals surface area contributed by atoms with Crippen LogP contribution in [0.1, 0.15) is 13.3 Å². The summed E-state index contributed by atoms with van der Waals surface area (Å²) in [6.07, 6.45) is 3.85. The fraction of sp³-hybridized carbons (Fsp3) is 0.375. The Kier molecular flexibility index (Phi) is 3.58. The van der Waals surface area contributed by atoms with Gasteiger partial charge in [-0.05, 0) is 24.7 Å². The number of anilines is 1. The number of nitrogens with one attached hydrogen (secondary N) is 1. The van der Waals surface area contributed by atoms with Crippen LogP contribution in [0.4, 0.5) is 10.1 Å². The molecule has 0 aliphatic rings. The summed E-state index contributed by atoms with van der Waals surface area (Å²) >= 11 is 1.04. The van der Waals surface area contributed by atoms with Crippen molar-refractivity contribution in [3.8, 4) is 0 Å². The monoisotopic (exact) mass is 213 g/mol. The third kappa shape index (κ3) is 2.81. The molecule has 0 aromatic carbocycles. The minimum absolute atomic E-state index is 0.0540. The highest BCUT2D eigenvalue weighted by Gasteiger charge is 2.12. The van der Waals surface area contributed by atoms with Crippen molar-refractivity contribution in [2.75, 3.05) is 5.32 Å². The first-order valence-electron chi connectivity index (χ1n) is 4.11. The van der Waals surface area contributed by atoms with Crippen LogP contribution >= 0.6 is 11.3 Å². The second kappa shape index (κ2) is 4.71. The summed E-state index contributed by atoms with van der Waals surface area (Å²) in [5.41, 5.74) is 0. The van der Waals surface area contributed by atoms with Gasteiger partial charge in [-0.25, -0.2) is 4.98 Å². The van der Waals surface area contributed by atoms with Crippen LogP contribution in [0.3, 0.4) is 0 Å². The molecule has 0 amide bonds. The van der Waals surface area contributed by atoms with E-state index in [9.17, 15) is 10.1 Å². The van der Waals surface area contributed by atoms with Crippen molar-refractivity contribution in [1.29, 1.82) is 0 Å². The number of aromatic nitrogens is 1. The molecule has 1 aromatic rings. The van der Waals surface area contributed by atoms with Crippen molar-refractivity contribution < 1.29 is 4.92 Å². The van der Waals surface area contributed by atoms with Crippen molar-refractivity contribution in [3.63, 3.8) is 0 Å². The third-order valence-electron chi connectivity index (χ3n) is 1.56. The Balaban J connectivity index is 2.59. The van der Waals surface area contributed by atoms with Crippen molar-refractivity contribution >= 4 is 21.5 Å². The predicted molar refractivity (Wildman–Crippen MR) is 56.7 cm³/mol. The van der Waals surface area contributed by atoms with Crippen LogP contribution in [-0.4, -0.2) is 15.9 Å². The quantitative estimate of drug-likeness (QED) is 0.463. The van der Waals surface area contributed by atoms with E-state index in [0.717, 1.165) is 17.8 Å². The molecule has 0 saturated heterocycles. The van der Waals surface area contributed by atoms with Crippen molar-refractivity contribution in [2.45, 2.75) is 19.4 Å². The lowest BCUT2D eigenvalue weighted by atomic mass is 10.2. The summed E-state index contributed by atoms with van der Waals surface area (Å²) in [4.78, 5) is 13.8. The molecule has 1 N–H and O–H groups in total. The first kappa shape index (κ1) is 10.6. The van der Waals surface area contributed by atoms with E-state index in [1.54, 1.807) is 6.08 Å². The minimum Gasteiger partial charge on any atom is -0.359 e. The number of nitrogens with zero attached hydrogens (tertiary/aromatic N) is 2. The molecule has 1 unspecified atom stereocenters. The van der Waals surface area contributed by atoms with Crippen LogP contribution in [0, 0.1) is 10.1 Å². The molecule has 5 nitrogen and oxygen atoms in total. The highest BCUT2D eigenvalue weighted by Crippen LogP contribution is 2.25. The van der Waals surface area contributed by atoms with Crippen LogP contribution in [0.15, 0.2) is 18.9 Å². The van der Waals surface area contributed by atoms with E-state index in [2.05, 4.69) is 16.9 Å². The molecule has 0 aliphatic heterocycles. The maximum absolute atomic E-state index is 10.4. The Bertz CT molecular complexity index is 337. The molecule has 14 heavy (non-hydrogen) atoms. The second-order valence-corrected chi connectivity index (χ2v) is 3.84. The van der Waals surface area contributed by atoms with Gasteiger partial charge in [0.15, 0.2) is 5.13 Å². The average Bonchev–Trinajstić information content (AvgIpc) is 2.53. The molecule has 1 heterocycles. The van der Waals surface area contributed by atoms with Crippen LogP contribution < -0.4 is 5.32 Å². The van der Waals surface area contributed by atoms with E-state index in [0.29, 0.717) is 5.13 Å². The van der Waals surface area contributed by atoms with Crippen LogP contribution in [-0.2, 0) is 0 Å². The van der Waals surface area contributed by atoms with Gasteiger partial charge in [0.2, 0.25) is 0 Å². The zero-order valence-electron chi connectivity index (χ0n) is 7.77. The molecular weight excluding hydrogens is 202 g/mol. The fourth-order valence-corrected chi connectivity index (χ4v) is 1.68. The summed E-state index contributed by atoms with van der Waals surface area (Å²) < 4.78 is 0. The van der Waals surface area contributed by atoms with Crippen molar-refractivity contribution in [2.24, 2.45) is 0 Å². The van der Waals surface area contributed by atoms with Crippen LogP contribution in [0.5, 0.6) is 0 Å². The third-order valence-corrected chi connectivity index (χ3v) is 2.44. The molecule has 0 fully saturated rings. The Morgan fingerprint density at radius 1 is 1.93 bits per heavy atom. The smallest absolute Gasteiger partial charge is 0.345 e. The standard InChI is InChI=1S/C8H11N3O2S/c1-3-4-6(2)10-8-9-5-7(14-8)11(12)13/h3,5-6H,1,4H2,2H3,(H,9,10). The largest absolute Gasteiger partial charge is 0.359 e. The van der Waals surface area contributed by atoms with E-state index >= 15 is 0 Å². The van der Waals surface area contributed by atoms with Gasteiger partial charge in [0.25, 0.3) is 0 Å². The van der Waals surface area contributed by atoms with E-state index in [1.807, 2.05) is 6.92 Å². The molecule has 0 spiro atoms. The van der Waals surface area contributed by atoms with E-state index in [-0.39, 0.29) is 11.0 Å². The number of hydrogen-bond acceptors (Lipinski definition) is 5. The predicted octanol–water partition coefficient (Wildman–Crippen LogP) is 2.43. The molecule has 6 heteroatoms. The molecule has 0 bridgehead atoms. The van der Waals surface area contributed by atoms with Gasteiger partial charge in [-0.2, -0.15) is 0 Å². The van der Waals surface area contributed by atoms with E-state index < -0.39 is 4.92 Å². The van der Waals surface area contributed by atoms with Gasteiger partial charge in [-0.3, -0.25) is 10.1 Å².